The number of phenolic OH excluding ortho intramolecular Hbond substituents is 1. The number of Topliss-reactive ketones (excluding diaryl/α,β-unsaturated/α-hetero) is 2. The molecular formula is C29H32F3N3O6. The van der Waals surface area contributed by atoms with Gasteiger partial charge in [0.15, 0.2) is 11.6 Å². The number of rotatable bonds is 5. The van der Waals surface area contributed by atoms with Crippen LogP contribution in [0.2, 0.25) is 0 Å². The Bertz CT molecular complexity index is 1420. The predicted molar refractivity (Wildman–Crippen MR) is 139 cm³/mol. The standard InChI is InChI=1S/C29H32F3N3O6/c1-2-35(12-5-6-12)23-15-9-11-8-14-19(17(36)10-13(16-4-3-7-34-16)22(14)29(30,31)32)24(37)18(11)25(38)20(15)26(39)21(27(23)40)28(33)41/h10-12,15-16,20,23,34,36-37,40H,2-9H2,1H3,(H2,33,41)/t11-,15+,16?,20?,23-/m0/s1. The van der Waals surface area contributed by atoms with E-state index in [4.69, 9.17) is 5.73 Å². The minimum absolute atomic E-state index is 0.00886. The molecule has 1 aromatic carbocycles. The van der Waals surface area contributed by atoms with Gasteiger partial charge in [-0.1, -0.05) is 6.92 Å². The summed E-state index contributed by atoms with van der Waals surface area (Å²) in [4.78, 5) is 41.6. The zero-order valence-corrected chi connectivity index (χ0v) is 22.4. The number of carbonyl (C=O) groups is 3. The SMILES string of the molecule is CCN(C1CC1)[C@@H]1C(O)=C(C(N)=O)C(=O)C2C(=O)C3=C(O)c4c(O)cc(C5CCCN5)c(C(F)(F)F)c4C[C@H]3C[C@H]21. The van der Waals surface area contributed by atoms with E-state index in [1.807, 2.05) is 11.8 Å². The minimum Gasteiger partial charge on any atom is -0.510 e. The van der Waals surface area contributed by atoms with Crippen molar-refractivity contribution in [2.24, 2.45) is 23.5 Å². The molecule has 1 heterocycles. The first-order chi connectivity index (χ1) is 19.4. The maximum absolute atomic E-state index is 14.6. The number of primary amides is 1. The molecule has 0 aromatic heterocycles. The van der Waals surface area contributed by atoms with Crippen LogP contribution < -0.4 is 11.1 Å². The number of nitrogens with one attached hydrogen (secondary N) is 1. The molecule has 5 aliphatic rings. The normalized spacial score (nSPS) is 30.0. The fourth-order valence-electron chi connectivity index (χ4n) is 7.79. The molecule has 4 aliphatic carbocycles. The van der Waals surface area contributed by atoms with E-state index in [1.165, 1.54) is 0 Å². The highest BCUT2D eigenvalue weighted by molar-refractivity contribution is 6.28. The minimum atomic E-state index is -4.80. The maximum Gasteiger partial charge on any atom is 0.417 e. The Morgan fingerprint density at radius 1 is 1.15 bits per heavy atom. The van der Waals surface area contributed by atoms with E-state index >= 15 is 0 Å². The van der Waals surface area contributed by atoms with Gasteiger partial charge in [-0.3, -0.25) is 19.3 Å². The molecule has 1 amide bonds. The molecule has 0 bridgehead atoms. The third kappa shape index (κ3) is 4.17. The van der Waals surface area contributed by atoms with Gasteiger partial charge in [0, 0.05) is 17.7 Å². The largest absolute Gasteiger partial charge is 0.510 e. The number of fused-ring (bicyclic) bond motifs is 3. The van der Waals surface area contributed by atoms with Crippen LogP contribution in [0.1, 0.15) is 67.3 Å². The summed E-state index contributed by atoms with van der Waals surface area (Å²) in [6.45, 7) is 2.81. The van der Waals surface area contributed by atoms with Crippen molar-refractivity contribution < 1.29 is 42.9 Å². The van der Waals surface area contributed by atoms with Gasteiger partial charge in [0.1, 0.15) is 22.8 Å². The summed E-state index contributed by atoms with van der Waals surface area (Å²) in [6.07, 6.45) is -2.33. The first-order valence-electron chi connectivity index (χ1n) is 14.1. The second-order valence-electron chi connectivity index (χ2n) is 11.8. The van der Waals surface area contributed by atoms with Crippen LogP contribution in [-0.2, 0) is 27.0 Å². The third-order valence-electron chi connectivity index (χ3n) is 9.50. The Kier molecular flexibility index (Phi) is 6.49. The quantitative estimate of drug-likeness (QED) is 0.265. The van der Waals surface area contributed by atoms with Gasteiger partial charge in [-0.25, -0.2) is 0 Å². The van der Waals surface area contributed by atoms with Crippen molar-refractivity contribution in [2.45, 2.75) is 69.8 Å². The van der Waals surface area contributed by atoms with Gasteiger partial charge < -0.3 is 26.4 Å². The topological polar surface area (TPSA) is 153 Å². The number of amides is 1. The van der Waals surface area contributed by atoms with Crippen LogP contribution in [0.5, 0.6) is 5.75 Å². The lowest BCUT2D eigenvalue weighted by molar-refractivity contribution is -0.139. The number of ketones is 2. The summed E-state index contributed by atoms with van der Waals surface area (Å²) in [5.74, 6) is -8.03. The summed E-state index contributed by atoms with van der Waals surface area (Å²) in [5.41, 5.74) is 2.78. The Balaban J connectivity index is 1.52. The molecule has 2 saturated carbocycles. The predicted octanol–water partition coefficient (Wildman–Crippen LogP) is 3.22. The number of hydrogen-bond acceptors (Lipinski definition) is 8. The molecule has 2 unspecified atom stereocenters. The van der Waals surface area contributed by atoms with Gasteiger partial charge >= 0.3 is 6.18 Å². The fourth-order valence-corrected chi connectivity index (χ4v) is 7.79. The van der Waals surface area contributed by atoms with Gasteiger partial charge in [0.25, 0.3) is 5.91 Å². The van der Waals surface area contributed by atoms with Crippen LogP contribution in [0.15, 0.2) is 23.0 Å². The first-order valence-corrected chi connectivity index (χ1v) is 14.1. The number of halogens is 3. The number of hydrogen-bond donors (Lipinski definition) is 5. The second-order valence-corrected chi connectivity index (χ2v) is 11.8. The monoisotopic (exact) mass is 575 g/mol. The number of alkyl halides is 3. The van der Waals surface area contributed by atoms with Crippen LogP contribution in [0.4, 0.5) is 13.2 Å². The van der Waals surface area contributed by atoms with Crippen molar-refractivity contribution in [3.63, 3.8) is 0 Å². The highest BCUT2D eigenvalue weighted by Gasteiger charge is 2.58. The van der Waals surface area contributed by atoms with Crippen LogP contribution in [-0.4, -0.2) is 62.9 Å². The molecule has 6 rings (SSSR count). The number of aliphatic hydroxyl groups is 2. The summed E-state index contributed by atoms with van der Waals surface area (Å²) in [6, 6.07) is -0.478. The molecule has 6 N–H and O–H groups in total. The number of benzene rings is 1. The maximum atomic E-state index is 14.6. The summed E-state index contributed by atoms with van der Waals surface area (Å²) < 4.78 is 43.9. The van der Waals surface area contributed by atoms with E-state index in [2.05, 4.69) is 5.32 Å². The van der Waals surface area contributed by atoms with Gasteiger partial charge in [-0.05, 0) is 80.6 Å². The molecule has 12 heteroatoms. The van der Waals surface area contributed by atoms with E-state index in [9.17, 15) is 42.9 Å². The van der Waals surface area contributed by atoms with Crippen molar-refractivity contribution in [2.75, 3.05) is 13.1 Å². The highest BCUT2D eigenvalue weighted by atomic mass is 19.4. The van der Waals surface area contributed by atoms with E-state index in [-0.39, 0.29) is 35.6 Å². The first kappa shape index (κ1) is 27.8. The molecular weight excluding hydrogens is 543 g/mol. The van der Waals surface area contributed by atoms with Gasteiger partial charge in [0.05, 0.1) is 23.1 Å². The second kappa shape index (κ2) is 9.59. The van der Waals surface area contributed by atoms with Gasteiger partial charge in [0.2, 0.25) is 0 Å². The average Bonchev–Trinajstić information content (AvgIpc) is 3.56. The Hall–Kier alpha value is -3.38. The molecule has 3 fully saturated rings. The lowest BCUT2D eigenvalue weighted by Crippen LogP contribution is -2.57. The molecule has 1 aromatic rings. The average molecular weight is 576 g/mol. The number of nitrogens with zero attached hydrogens (tertiary/aromatic N) is 1. The third-order valence-corrected chi connectivity index (χ3v) is 9.50. The Morgan fingerprint density at radius 2 is 1.85 bits per heavy atom. The van der Waals surface area contributed by atoms with Crippen molar-refractivity contribution in [3.8, 4) is 5.75 Å². The molecule has 0 radical (unpaired) electrons. The molecule has 0 spiro atoms. The summed E-state index contributed by atoms with van der Waals surface area (Å²) in [5, 5.41) is 36.4. The number of carbonyl (C=O) groups excluding carboxylic acids is 3. The highest BCUT2D eigenvalue weighted by Crippen LogP contribution is 2.54. The van der Waals surface area contributed by atoms with E-state index in [0.29, 0.717) is 25.9 Å². The lowest BCUT2D eigenvalue weighted by atomic mass is 9.59. The van der Waals surface area contributed by atoms with E-state index in [0.717, 1.165) is 18.9 Å². The number of aromatic hydroxyl groups is 1. The molecule has 5 atom stereocenters. The molecule has 9 nitrogen and oxygen atoms in total. The van der Waals surface area contributed by atoms with Crippen LogP contribution in [0.25, 0.3) is 5.76 Å². The molecule has 1 aliphatic heterocycles. The number of aliphatic hydroxyl groups excluding tert-OH is 2. The molecule has 1 saturated heterocycles. The number of nitrogens with two attached hydrogens (primary N) is 1. The smallest absolute Gasteiger partial charge is 0.417 e. The van der Waals surface area contributed by atoms with Gasteiger partial charge in [-0.2, -0.15) is 13.2 Å². The lowest BCUT2D eigenvalue weighted by Gasteiger charge is -2.47. The van der Waals surface area contributed by atoms with E-state index in [1.54, 1.807) is 0 Å². The molecule has 220 valence electrons. The summed E-state index contributed by atoms with van der Waals surface area (Å²) >= 11 is 0. The van der Waals surface area contributed by atoms with Crippen LogP contribution >= 0.6 is 0 Å². The fraction of sp³-hybridized carbons (Fsp3) is 0.552. The number of phenols is 1. The van der Waals surface area contributed by atoms with Crippen LogP contribution in [0.3, 0.4) is 0 Å². The zero-order chi connectivity index (χ0) is 29.5. The zero-order valence-electron chi connectivity index (χ0n) is 22.4. The number of likely N-dealkylation sites (N-methyl/N-ethyl adjacent to an activating group) is 1. The molecule has 41 heavy (non-hydrogen) atoms. The van der Waals surface area contributed by atoms with Crippen molar-refractivity contribution in [1.82, 2.24) is 10.2 Å². The Morgan fingerprint density at radius 3 is 2.41 bits per heavy atom. The van der Waals surface area contributed by atoms with Crippen molar-refractivity contribution >= 4 is 23.2 Å². The number of allylic oxidation sites excluding steroid dienone is 1. The summed E-state index contributed by atoms with van der Waals surface area (Å²) in [7, 11) is 0. The van der Waals surface area contributed by atoms with E-state index < -0.39 is 87.5 Å². The van der Waals surface area contributed by atoms with Crippen LogP contribution in [0, 0.1) is 17.8 Å². The van der Waals surface area contributed by atoms with Crippen molar-refractivity contribution in [3.05, 3.63) is 45.2 Å². The van der Waals surface area contributed by atoms with Gasteiger partial charge in [-0.15, -0.1) is 0 Å². The Labute approximate surface area is 233 Å². The van der Waals surface area contributed by atoms with Crippen molar-refractivity contribution in [1.29, 1.82) is 0 Å².